The van der Waals surface area contributed by atoms with Gasteiger partial charge in [-0.25, -0.2) is 0 Å². The first-order valence-electron chi connectivity index (χ1n) is 7.30. The highest BCUT2D eigenvalue weighted by molar-refractivity contribution is 9.10. The Hall–Kier alpha value is -2.52. The Kier molecular flexibility index (Phi) is 3.64. The highest BCUT2D eigenvalue weighted by atomic mass is 79.9. The second-order valence-electron chi connectivity index (χ2n) is 5.21. The van der Waals surface area contributed by atoms with Gasteiger partial charge in [-0.1, -0.05) is 58.4 Å². The predicted octanol–water partition coefficient (Wildman–Crippen LogP) is 6.65. The van der Waals surface area contributed by atoms with Gasteiger partial charge in [0.1, 0.15) is 5.75 Å². The lowest BCUT2D eigenvalue weighted by molar-refractivity contribution is 0.474. The first kappa shape index (κ1) is 14.1. The Labute approximate surface area is 142 Å². The Morgan fingerprint density at radius 2 is 1.70 bits per heavy atom. The fraction of sp³-hybridized carbons (Fsp3) is 0. The molecular formula is C20H13BrO2. The van der Waals surface area contributed by atoms with Crippen LogP contribution in [0.25, 0.3) is 22.1 Å². The quantitative estimate of drug-likeness (QED) is 0.405. The molecule has 4 aromatic rings. The van der Waals surface area contributed by atoms with Crippen molar-refractivity contribution in [3.8, 4) is 22.6 Å². The van der Waals surface area contributed by atoms with Crippen molar-refractivity contribution in [1.82, 2.24) is 0 Å². The Morgan fingerprint density at radius 3 is 2.52 bits per heavy atom. The number of furan rings is 1. The molecule has 4 rings (SSSR count). The van der Waals surface area contributed by atoms with Gasteiger partial charge in [-0.15, -0.1) is 0 Å². The summed E-state index contributed by atoms with van der Waals surface area (Å²) >= 11 is 3.48. The van der Waals surface area contributed by atoms with Crippen molar-refractivity contribution in [1.29, 1.82) is 0 Å². The summed E-state index contributed by atoms with van der Waals surface area (Å²) in [5.41, 5.74) is 2.86. The van der Waals surface area contributed by atoms with E-state index in [1.54, 1.807) is 6.26 Å². The van der Waals surface area contributed by atoms with Crippen LogP contribution in [-0.2, 0) is 0 Å². The van der Waals surface area contributed by atoms with Crippen molar-refractivity contribution in [3.63, 3.8) is 0 Å². The molecule has 0 spiro atoms. The molecule has 0 radical (unpaired) electrons. The van der Waals surface area contributed by atoms with Crippen molar-refractivity contribution in [3.05, 3.63) is 83.5 Å². The Bertz CT molecular complexity index is 958. The third-order valence-corrected chi connectivity index (χ3v) is 4.17. The number of rotatable bonds is 3. The van der Waals surface area contributed by atoms with Gasteiger partial charge in [0.25, 0.3) is 0 Å². The first-order chi connectivity index (χ1) is 11.3. The van der Waals surface area contributed by atoms with Gasteiger partial charge in [0.2, 0.25) is 0 Å². The molecule has 0 aliphatic heterocycles. The molecule has 0 saturated heterocycles. The van der Waals surface area contributed by atoms with Gasteiger partial charge in [-0.05, 0) is 35.9 Å². The minimum atomic E-state index is 0.733. The van der Waals surface area contributed by atoms with E-state index in [0.29, 0.717) is 0 Å². The Balaban J connectivity index is 1.90. The number of ether oxygens (including phenoxy) is 1. The van der Waals surface area contributed by atoms with Crippen molar-refractivity contribution in [2.24, 2.45) is 0 Å². The zero-order chi connectivity index (χ0) is 15.6. The number of halogens is 1. The van der Waals surface area contributed by atoms with Crippen LogP contribution in [0.4, 0.5) is 0 Å². The van der Waals surface area contributed by atoms with Gasteiger partial charge in [-0.3, -0.25) is 0 Å². The predicted molar refractivity (Wildman–Crippen MR) is 95.9 cm³/mol. The van der Waals surface area contributed by atoms with E-state index < -0.39 is 0 Å². The summed E-state index contributed by atoms with van der Waals surface area (Å²) in [7, 11) is 0. The van der Waals surface area contributed by atoms with E-state index in [0.717, 1.165) is 38.1 Å². The third-order valence-electron chi connectivity index (χ3n) is 3.68. The molecule has 0 bridgehead atoms. The maximum atomic E-state index is 6.19. The van der Waals surface area contributed by atoms with Crippen LogP contribution in [0.2, 0.25) is 0 Å². The normalized spacial score (nSPS) is 10.8. The molecule has 0 amide bonds. The molecule has 0 aliphatic carbocycles. The number of hydrogen-bond acceptors (Lipinski definition) is 2. The van der Waals surface area contributed by atoms with E-state index in [1.807, 2.05) is 48.5 Å². The highest BCUT2D eigenvalue weighted by Gasteiger charge is 2.14. The van der Waals surface area contributed by atoms with Crippen molar-refractivity contribution < 1.29 is 9.15 Å². The van der Waals surface area contributed by atoms with Crippen molar-refractivity contribution >= 4 is 26.9 Å². The van der Waals surface area contributed by atoms with Crippen LogP contribution in [-0.4, -0.2) is 0 Å². The zero-order valence-electron chi connectivity index (χ0n) is 12.2. The maximum Gasteiger partial charge on any atom is 0.178 e. The third kappa shape index (κ3) is 2.76. The lowest BCUT2D eigenvalue weighted by atomic mass is 10.0. The van der Waals surface area contributed by atoms with Crippen LogP contribution < -0.4 is 4.74 Å². The van der Waals surface area contributed by atoms with Crippen LogP contribution in [0, 0.1) is 0 Å². The van der Waals surface area contributed by atoms with Gasteiger partial charge in [-0.2, -0.15) is 0 Å². The molecule has 3 heteroatoms. The highest BCUT2D eigenvalue weighted by Crippen LogP contribution is 2.40. The first-order valence-corrected chi connectivity index (χ1v) is 8.09. The molecule has 23 heavy (non-hydrogen) atoms. The summed E-state index contributed by atoms with van der Waals surface area (Å²) in [5, 5.41) is 1.02. The van der Waals surface area contributed by atoms with E-state index in [4.69, 9.17) is 9.15 Å². The monoisotopic (exact) mass is 364 g/mol. The molecule has 1 aromatic heterocycles. The molecule has 112 valence electrons. The molecule has 0 aliphatic rings. The second kappa shape index (κ2) is 5.94. The fourth-order valence-corrected chi connectivity index (χ4v) is 2.98. The van der Waals surface area contributed by atoms with Crippen LogP contribution in [0.5, 0.6) is 11.5 Å². The van der Waals surface area contributed by atoms with Gasteiger partial charge < -0.3 is 9.15 Å². The number of hydrogen-bond donors (Lipinski definition) is 0. The molecule has 0 atom stereocenters. The summed E-state index contributed by atoms with van der Waals surface area (Å²) in [6.45, 7) is 0. The molecular weight excluding hydrogens is 352 g/mol. The molecule has 0 N–H and O–H groups in total. The lowest BCUT2D eigenvalue weighted by Gasteiger charge is -2.12. The summed E-state index contributed by atoms with van der Waals surface area (Å²) < 4.78 is 12.8. The van der Waals surface area contributed by atoms with Crippen LogP contribution >= 0.6 is 15.9 Å². The van der Waals surface area contributed by atoms with E-state index in [9.17, 15) is 0 Å². The molecule has 3 aromatic carbocycles. The van der Waals surface area contributed by atoms with Crippen LogP contribution in [0.3, 0.4) is 0 Å². The van der Waals surface area contributed by atoms with E-state index in [1.165, 1.54) is 0 Å². The molecule has 0 saturated carbocycles. The summed E-state index contributed by atoms with van der Waals surface area (Å²) in [6, 6.07) is 24.0. The standard InChI is InChI=1S/C20H13BrO2/c21-16-7-4-8-17(13-16)23-20-18(14-5-2-1-3-6-14)10-9-15-11-12-22-19(15)20/h1-13H. The van der Waals surface area contributed by atoms with E-state index in [-0.39, 0.29) is 0 Å². The SMILES string of the molecule is Brc1cccc(Oc2c(-c3ccccc3)ccc3ccoc23)c1. The van der Waals surface area contributed by atoms with Gasteiger partial charge >= 0.3 is 0 Å². The minimum Gasteiger partial charge on any atom is -0.460 e. The van der Waals surface area contributed by atoms with E-state index >= 15 is 0 Å². The topological polar surface area (TPSA) is 22.4 Å². The average molecular weight is 365 g/mol. The average Bonchev–Trinajstić information content (AvgIpc) is 3.05. The van der Waals surface area contributed by atoms with Gasteiger partial charge in [0, 0.05) is 15.4 Å². The molecule has 1 heterocycles. The summed E-state index contributed by atoms with van der Waals surface area (Å²) in [5.74, 6) is 1.50. The minimum absolute atomic E-state index is 0.733. The summed E-state index contributed by atoms with van der Waals surface area (Å²) in [6.07, 6.45) is 1.69. The maximum absolute atomic E-state index is 6.19. The van der Waals surface area contributed by atoms with Crippen LogP contribution in [0.15, 0.2) is 87.9 Å². The zero-order valence-corrected chi connectivity index (χ0v) is 13.8. The second-order valence-corrected chi connectivity index (χ2v) is 6.12. The number of fused-ring (bicyclic) bond motifs is 1. The van der Waals surface area contributed by atoms with E-state index in [2.05, 4.69) is 40.2 Å². The smallest absolute Gasteiger partial charge is 0.178 e. The molecule has 0 unspecified atom stereocenters. The molecule has 2 nitrogen and oxygen atoms in total. The Morgan fingerprint density at radius 1 is 0.826 bits per heavy atom. The number of benzene rings is 3. The fourth-order valence-electron chi connectivity index (χ4n) is 2.60. The molecule has 0 fully saturated rings. The summed E-state index contributed by atoms with van der Waals surface area (Å²) in [4.78, 5) is 0. The van der Waals surface area contributed by atoms with Crippen molar-refractivity contribution in [2.75, 3.05) is 0 Å². The van der Waals surface area contributed by atoms with Gasteiger partial charge in [0.15, 0.2) is 11.3 Å². The lowest BCUT2D eigenvalue weighted by Crippen LogP contribution is -1.89. The van der Waals surface area contributed by atoms with Crippen LogP contribution in [0.1, 0.15) is 0 Å². The van der Waals surface area contributed by atoms with Crippen molar-refractivity contribution in [2.45, 2.75) is 0 Å². The van der Waals surface area contributed by atoms with Gasteiger partial charge in [0.05, 0.1) is 6.26 Å². The largest absolute Gasteiger partial charge is 0.460 e.